The van der Waals surface area contributed by atoms with Crippen molar-refractivity contribution < 1.29 is 33.8 Å². The monoisotopic (exact) mass is 723 g/mol. The molecule has 2 saturated heterocycles. The number of likely N-dealkylation sites (tertiary alicyclic amines) is 1. The predicted molar refractivity (Wildman–Crippen MR) is 195 cm³/mol. The van der Waals surface area contributed by atoms with Crippen LogP contribution in [-0.4, -0.2) is 88.6 Å². The fourth-order valence-corrected chi connectivity index (χ4v) is 8.34. The quantitative estimate of drug-likeness (QED) is 0.284. The van der Waals surface area contributed by atoms with Crippen LogP contribution in [0.5, 0.6) is 0 Å². The molecular formula is C41H42ClN3O7. The molecule has 10 nitrogen and oxygen atoms in total. The number of rotatable bonds is 6. The van der Waals surface area contributed by atoms with Crippen molar-refractivity contribution in [2.45, 2.75) is 62.1 Å². The molecule has 4 heterocycles. The van der Waals surface area contributed by atoms with Gasteiger partial charge in [-0.05, 0) is 55.2 Å². The molecule has 270 valence electrons. The lowest BCUT2D eigenvalue weighted by Gasteiger charge is -2.38. The number of carbonyl (C=O) groups excluding carboxylic acids is 4. The maximum Gasteiger partial charge on any atom is 0.313 e. The summed E-state index contributed by atoms with van der Waals surface area (Å²) >= 11 is 6.20. The van der Waals surface area contributed by atoms with E-state index in [0.29, 0.717) is 22.7 Å². The van der Waals surface area contributed by atoms with E-state index >= 15 is 4.79 Å². The van der Waals surface area contributed by atoms with Gasteiger partial charge in [0.05, 0.1) is 30.7 Å². The van der Waals surface area contributed by atoms with Crippen molar-refractivity contribution in [3.8, 4) is 0 Å². The van der Waals surface area contributed by atoms with E-state index in [4.69, 9.17) is 21.1 Å². The number of esters is 1. The number of anilines is 1. The van der Waals surface area contributed by atoms with E-state index in [1.165, 1.54) is 4.90 Å². The molecule has 4 aliphatic heterocycles. The third-order valence-corrected chi connectivity index (χ3v) is 11.2. The Morgan fingerprint density at radius 2 is 1.62 bits per heavy atom. The number of likely N-dealkylation sites (N-methyl/N-ethyl adjacent to an activating group) is 1. The van der Waals surface area contributed by atoms with Crippen LogP contribution in [0, 0.1) is 11.8 Å². The van der Waals surface area contributed by atoms with Crippen LogP contribution in [0.3, 0.4) is 0 Å². The van der Waals surface area contributed by atoms with E-state index in [-0.39, 0.29) is 25.3 Å². The number of amides is 3. The first-order valence-corrected chi connectivity index (χ1v) is 18.1. The third-order valence-electron chi connectivity index (χ3n) is 10.9. The summed E-state index contributed by atoms with van der Waals surface area (Å²) in [6.45, 7) is 1.59. The number of hydrogen-bond donors (Lipinski definition) is 1. The van der Waals surface area contributed by atoms with Gasteiger partial charge in [-0.25, -0.2) is 0 Å². The molecule has 4 aliphatic rings. The Balaban J connectivity index is 1.35. The molecule has 0 saturated carbocycles. The molecule has 1 N–H and O–H groups in total. The molecule has 7 rings (SSSR count). The molecule has 0 unspecified atom stereocenters. The van der Waals surface area contributed by atoms with Crippen LogP contribution in [0.1, 0.15) is 37.0 Å². The summed E-state index contributed by atoms with van der Waals surface area (Å²) in [5.74, 6) is -3.94. The first kappa shape index (κ1) is 35.6. The Hall–Kier alpha value is -4.77. The minimum Gasteiger partial charge on any atom is -0.455 e. The highest BCUT2D eigenvalue weighted by Crippen LogP contribution is 2.54. The number of allylic oxidation sites excluding steroid dienone is 1. The lowest BCUT2D eigenvalue weighted by molar-refractivity contribution is -0.164. The standard InChI is InChI=1S/C41H42ClN3O7/c1-26-36(28-14-7-4-8-15-28)51-40(50)34-32(16-9-10-17-33(47)43(26)2)52-41-22-11-23-44(30-20-18-29(42)19-21-30)39(49)37(41)45(38(48)35(34)41)31(25-46)24-27-12-5-3-6-13-27/h3-9,11-16,18-22,26,31-32,34-37,46H,10,17,23-25H2,1-2H3/b16-9-/t26-,31-,32-,34+,35+,36+,37-,41+/m1/s1. The van der Waals surface area contributed by atoms with Crippen LogP contribution in [0.15, 0.2) is 109 Å². The van der Waals surface area contributed by atoms with Gasteiger partial charge in [-0.3, -0.25) is 19.2 Å². The van der Waals surface area contributed by atoms with Crippen molar-refractivity contribution in [1.29, 1.82) is 0 Å². The van der Waals surface area contributed by atoms with Gasteiger partial charge in [-0.15, -0.1) is 0 Å². The molecule has 2 fully saturated rings. The third kappa shape index (κ3) is 6.33. The zero-order valence-electron chi connectivity index (χ0n) is 29.1. The van der Waals surface area contributed by atoms with Gasteiger partial charge in [-0.2, -0.15) is 0 Å². The van der Waals surface area contributed by atoms with Crippen molar-refractivity contribution in [2.24, 2.45) is 11.8 Å². The number of cyclic esters (lactones) is 1. The Morgan fingerprint density at radius 3 is 2.31 bits per heavy atom. The summed E-state index contributed by atoms with van der Waals surface area (Å²) in [4.78, 5) is 62.6. The van der Waals surface area contributed by atoms with Gasteiger partial charge in [0.1, 0.15) is 23.7 Å². The smallest absolute Gasteiger partial charge is 0.313 e. The molecule has 0 aliphatic carbocycles. The minimum atomic E-state index is -1.57. The first-order valence-electron chi connectivity index (χ1n) is 17.7. The number of nitrogens with zero attached hydrogens (tertiary/aromatic N) is 3. The topological polar surface area (TPSA) is 117 Å². The van der Waals surface area contributed by atoms with E-state index in [1.54, 1.807) is 65.4 Å². The number of fused-ring (bicyclic) bond motifs is 2. The molecule has 0 bridgehead atoms. The molecule has 1 spiro atoms. The minimum absolute atomic E-state index is 0.104. The number of aliphatic hydroxyl groups excluding tert-OH is 1. The second kappa shape index (κ2) is 14.7. The van der Waals surface area contributed by atoms with Crippen molar-refractivity contribution in [3.63, 3.8) is 0 Å². The molecule has 0 aromatic heterocycles. The number of aliphatic hydroxyl groups is 1. The molecule has 3 aromatic carbocycles. The van der Waals surface area contributed by atoms with Gasteiger partial charge in [0.2, 0.25) is 11.8 Å². The summed E-state index contributed by atoms with van der Waals surface area (Å²) in [6.07, 6.45) is 6.16. The van der Waals surface area contributed by atoms with Gasteiger partial charge in [0.25, 0.3) is 5.91 Å². The van der Waals surface area contributed by atoms with E-state index < -0.39 is 72.2 Å². The van der Waals surface area contributed by atoms with Crippen LogP contribution < -0.4 is 4.90 Å². The SMILES string of the molecule is C[C@@H]1[C@@H](c2ccccc2)OC(=O)[C@@H]2[C@H]3C(=O)N([C@@H](CO)Cc4ccccc4)[C@@H]4C(=O)N(c5ccc(Cl)cc5)CC=C[C@]34O[C@@H]2/C=C\CCC(=O)N1C. The summed E-state index contributed by atoms with van der Waals surface area (Å²) in [6, 6.07) is 23.0. The second-order valence-electron chi connectivity index (χ2n) is 13.9. The van der Waals surface area contributed by atoms with E-state index in [2.05, 4.69) is 0 Å². The van der Waals surface area contributed by atoms with Crippen LogP contribution in [-0.2, 0) is 35.1 Å². The van der Waals surface area contributed by atoms with Crippen molar-refractivity contribution >= 4 is 41.0 Å². The highest BCUT2D eigenvalue weighted by atomic mass is 35.5. The zero-order valence-corrected chi connectivity index (χ0v) is 29.8. The van der Waals surface area contributed by atoms with Gasteiger partial charge in [-0.1, -0.05) is 96.6 Å². The van der Waals surface area contributed by atoms with Gasteiger partial charge in [0, 0.05) is 30.7 Å². The van der Waals surface area contributed by atoms with Crippen LogP contribution in [0.4, 0.5) is 5.69 Å². The number of ether oxygens (including phenoxy) is 2. The fourth-order valence-electron chi connectivity index (χ4n) is 8.21. The number of benzene rings is 3. The highest BCUT2D eigenvalue weighted by Gasteiger charge is 2.72. The molecule has 11 heteroatoms. The Bertz CT molecular complexity index is 1870. The first-order chi connectivity index (χ1) is 25.1. The number of carbonyl (C=O) groups is 4. The second-order valence-corrected chi connectivity index (χ2v) is 14.4. The van der Waals surface area contributed by atoms with Gasteiger partial charge in [0.15, 0.2) is 0 Å². The number of halogens is 1. The molecular weight excluding hydrogens is 682 g/mol. The summed E-state index contributed by atoms with van der Waals surface area (Å²) in [7, 11) is 1.70. The Labute approximate surface area is 308 Å². The predicted octanol–water partition coefficient (Wildman–Crippen LogP) is 4.91. The molecule has 8 atom stereocenters. The Morgan fingerprint density at radius 1 is 0.923 bits per heavy atom. The lowest BCUT2D eigenvalue weighted by Crippen LogP contribution is -2.58. The molecule has 3 aromatic rings. The average molecular weight is 724 g/mol. The van der Waals surface area contributed by atoms with E-state index in [1.807, 2.05) is 67.6 Å². The maximum atomic E-state index is 15.1. The fraction of sp³-hybridized carbons (Fsp3) is 0.366. The average Bonchev–Trinajstić information content (AvgIpc) is 3.55. The summed E-state index contributed by atoms with van der Waals surface area (Å²) in [5, 5.41) is 11.4. The van der Waals surface area contributed by atoms with E-state index in [0.717, 1.165) is 5.56 Å². The van der Waals surface area contributed by atoms with Crippen molar-refractivity contribution in [2.75, 3.05) is 25.1 Å². The number of hydrogen-bond acceptors (Lipinski definition) is 7. The van der Waals surface area contributed by atoms with Crippen LogP contribution in [0.2, 0.25) is 5.02 Å². The van der Waals surface area contributed by atoms with Gasteiger partial charge >= 0.3 is 5.97 Å². The Kier molecular flexibility index (Phi) is 10.1. The van der Waals surface area contributed by atoms with Crippen LogP contribution in [0.25, 0.3) is 0 Å². The van der Waals surface area contributed by atoms with Crippen molar-refractivity contribution in [3.05, 3.63) is 125 Å². The lowest BCUT2D eigenvalue weighted by atomic mass is 9.77. The summed E-state index contributed by atoms with van der Waals surface area (Å²) in [5.41, 5.74) is 0.577. The molecule has 3 amide bonds. The highest BCUT2D eigenvalue weighted by molar-refractivity contribution is 6.30. The largest absolute Gasteiger partial charge is 0.455 e. The molecule has 52 heavy (non-hydrogen) atoms. The van der Waals surface area contributed by atoms with E-state index in [9.17, 15) is 19.5 Å². The zero-order chi connectivity index (χ0) is 36.6. The molecule has 0 radical (unpaired) electrons. The summed E-state index contributed by atoms with van der Waals surface area (Å²) < 4.78 is 13.3. The van der Waals surface area contributed by atoms with Crippen molar-refractivity contribution in [1.82, 2.24) is 9.80 Å². The van der Waals surface area contributed by atoms with Gasteiger partial charge < -0.3 is 29.3 Å². The normalized spacial score (nSPS) is 30.4. The van der Waals surface area contributed by atoms with Crippen LogP contribution >= 0.6 is 11.6 Å². The maximum absolute atomic E-state index is 15.1.